The highest BCUT2D eigenvalue weighted by Crippen LogP contribution is 2.35. The summed E-state index contributed by atoms with van der Waals surface area (Å²) < 4.78 is 15.4. The number of aliphatic imine (C=N–C) groups is 1. The molecule has 0 aromatic carbocycles. The van der Waals surface area contributed by atoms with Crippen LogP contribution in [0.5, 0.6) is 0 Å². The Hall–Kier alpha value is -2.35. The van der Waals surface area contributed by atoms with Crippen molar-refractivity contribution in [3.05, 3.63) is 25.3 Å². The molecule has 1 saturated heterocycles. The molecule has 0 amide bonds. The van der Waals surface area contributed by atoms with Crippen LogP contribution in [0, 0.1) is 11.8 Å². The topological polar surface area (TPSA) is 126 Å². The number of hydrogen-bond acceptors (Lipinski definition) is 6. The fourth-order valence-electron chi connectivity index (χ4n) is 2.28. The van der Waals surface area contributed by atoms with Crippen LogP contribution in [-0.4, -0.2) is 50.4 Å². The maximum Gasteiger partial charge on any atom is 0.312 e. The first-order valence-corrected chi connectivity index (χ1v) is 6.66. The Morgan fingerprint density at radius 3 is 2.18 bits per heavy atom. The number of nitrogens with zero attached hydrogens (tertiary/aromatic N) is 1. The molecule has 0 aliphatic carbocycles. The van der Waals surface area contributed by atoms with Gasteiger partial charge in [-0.2, -0.15) is 0 Å². The largest absolute Gasteiger partial charge is 0.469 e. The molecule has 0 aromatic heterocycles. The number of carbonyl (C=O) groups is 2. The maximum absolute atomic E-state index is 12.2. The zero-order valence-corrected chi connectivity index (χ0v) is 12.4. The van der Waals surface area contributed by atoms with Crippen molar-refractivity contribution in [2.75, 3.05) is 20.3 Å². The van der Waals surface area contributed by atoms with E-state index in [2.05, 4.69) is 18.2 Å². The van der Waals surface area contributed by atoms with Crippen molar-refractivity contribution < 1.29 is 23.8 Å². The summed E-state index contributed by atoms with van der Waals surface area (Å²) >= 11 is 0. The molecule has 0 saturated carbocycles. The monoisotopic (exact) mass is 311 g/mol. The predicted molar refractivity (Wildman–Crippen MR) is 79.7 cm³/mol. The van der Waals surface area contributed by atoms with Gasteiger partial charge in [0.1, 0.15) is 18.4 Å². The van der Waals surface area contributed by atoms with Crippen molar-refractivity contribution in [1.29, 1.82) is 0 Å². The summed E-state index contributed by atoms with van der Waals surface area (Å²) in [5.74, 6) is -2.95. The van der Waals surface area contributed by atoms with E-state index in [4.69, 9.17) is 25.7 Å². The molecule has 0 bridgehead atoms. The quantitative estimate of drug-likeness (QED) is 0.210. The van der Waals surface area contributed by atoms with Crippen LogP contribution >= 0.6 is 0 Å². The lowest BCUT2D eigenvalue weighted by Gasteiger charge is -2.18. The van der Waals surface area contributed by atoms with Gasteiger partial charge in [0.25, 0.3) is 0 Å². The van der Waals surface area contributed by atoms with E-state index in [1.165, 1.54) is 19.3 Å². The second-order valence-electron chi connectivity index (χ2n) is 4.59. The van der Waals surface area contributed by atoms with E-state index >= 15 is 0 Å². The number of carbonyl (C=O) groups excluding carboxylic acids is 2. The summed E-state index contributed by atoms with van der Waals surface area (Å²) in [6.45, 7) is 7.33. The molecule has 22 heavy (non-hydrogen) atoms. The Morgan fingerprint density at radius 1 is 1.18 bits per heavy atom. The van der Waals surface area contributed by atoms with Crippen molar-refractivity contribution in [3.63, 3.8) is 0 Å². The van der Waals surface area contributed by atoms with Crippen LogP contribution < -0.4 is 11.5 Å². The highest BCUT2D eigenvalue weighted by Gasteiger charge is 2.51. The molecule has 8 nitrogen and oxygen atoms in total. The fourth-order valence-corrected chi connectivity index (χ4v) is 2.28. The Bertz CT molecular complexity index is 473. The van der Waals surface area contributed by atoms with Crippen LogP contribution in [0.1, 0.15) is 0 Å². The van der Waals surface area contributed by atoms with Gasteiger partial charge >= 0.3 is 11.9 Å². The summed E-state index contributed by atoms with van der Waals surface area (Å²) in [4.78, 5) is 27.9. The minimum Gasteiger partial charge on any atom is -0.469 e. The van der Waals surface area contributed by atoms with E-state index in [0.29, 0.717) is 0 Å². The zero-order chi connectivity index (χ0) is 16.7. The molecule has 1 heterocycles. The average molecular weight is 311 g/mol. The molecule has 4 atom stereocenters. The molecule has 1 aliphatic heterocycles. The molecule has 0 aromatic rings. The van der Waals surface area contributed by atoms with Crippen molar-refractivity contribution in [2.24, 2.45) is 28.3 Å². The predicted octanol–water partition coefficient (Wildman–Crippen LogP) is -0.652. The van der Waals surface area contributed by atoms with Gasteiger partial charge in [0.2, 0.25) is 0 Å². The second-order valence-corrected chi connectivity index (χ2v) is 4.59. The Morgan fingerprint density at radius 2 is 1.73 bits per heavy atom. The normalized spacial score (nSPS) is 26.8. The fraction of sp³-hybridized carbons (Fsp3) is 0.500. The third-order valence-electron chi connectivity index (χ3n) is 3.25. The first-order valence-electron chi connectivity index (χ1n) is 6.66. The number of guanidine groups is 1. The van der Waals surface area contributed by atoms with Gasteiger partial charge in [-0.1, -0.05) is 12.2 Å². The van der Waals surface area contributed by atoms with Gasteiger partial charge < -0.3 is 25.7 Å². The lowest BCUT2D eigenvalue weighted by molar-refractivity contribution is -0.157. The first-order chi connectivity index (χ1) is 10.5. The second kappa shape index (κ2) is 8.18. The van der Waals surface area contributed by atoms with Crippen molar-refractivity contribution in [3.8, 4) is 0 Å². The van der Waals surface area contributed by atoms with Crippen LogP contribution in [-0.2, 0) is 23.8 Å². The van der Waals surface area contributed by atoms with Crippen LogP contribution in [0.3, 0.4) is 0 Å². The number of nitrogens with two attached hydrogens (primary N) is 2. The zero-order valence-electron chi connectivity index (χ0n) is 12.4. The number of esters is 2. The van der Waals surface area contributed by atoms with E-state index in [0.717, 1.165) is 0 Å². The molecule has 4 N–H and O–H groups in total. The third-order valence-corrected chi connectivity index (χ3v) is 3.25. The van der Waals surface area contributed by atoms with E-state index < -0.39 is 36.0 Å². The van der Waals surface area contributed by atoms with E-state index in [1.807, 2.05) is 0 Å². The van der Waals surface area contributed by atoms with Crippen LogP contribution in [0.4, 0.5) is 0 Å². The molecular formula is C14H21N3O5. The highest BCUT2D eigenvalue weighted by atomic mass is 16.6. The molecular weight excluding hydrogens is 290 g/mol. The maximum atomic E-state index is 12.2. The number of methoxy groups -OCH3 is 1. The molecule has 122 valence electrons. The minimum absolute atomic E-state index is 0.0102. The highest BCUT2D eigenvalue weighted by molar-refractivity contribution is 5.84. The summed E-state index contributed by atoms with van der Waals surface area (Å²) in [6.07, 6.45) is 1.58. The van der Waals surface area contributed by atoms with E-state index in [-0.39, 0.29) is 19.1 Å². The SMILES string of the molecule is C=C[C@@H]1O[C@H](C=C)[C@@H](C(=O)OCCN=C(N)N)[C@H]1C(=O)OC. The molecule has 8 heteroatoms. The Balaban J connectivity index is 2.82. The van der Waals surface area contributed by atoms with E-state index in [1.54, 1.807) is 0 Å². The lowest BCUT2D eigenvalue weighted by atomic mass is 9.87. The van der Waals surface area contributed by atoms with E-state index in [9.17, 15) is 9.59 Å². The smallest absolute Gasteiger partial charge is 0.312 e. The van der Waals surface area contributed by atoms with Crippen LogP contribution in [0.25, 0.3) is 0 Å². The van der Waals surface area contributed by atoms with Gasteiger partial charge in [0.05, 0.1) is 25.9 Å². The third kappa shape index (κ3) is 4.08. The summed E-state index contributed by atoms with van der Waals surface area (Å²) in [5, 5.41) is 0. The molecule has 0 unspecified atom stereocenters. The molecule has 0 radical (unpaired) electrons. The Labute approximate surface area is 128 Å². The van der Waals surface area contributed by atoms with Gasteiger partial charge in [-0.05, 0) is 0 Å². The summed E-state index contributed by atoms with van der Waals surface area (Å²) in [7, 11) is 1.24. The summed E-state index contributed by atoms with van der Waals surface area (Å²) in [5.41, 5.74) is 10.3. The van der Waals surface area contributed by atoms with Gasteiger partial charge in [-0.15, -0.1) is 13.2 Å². The minimum atomic E-state index is -0.854. The standard InChI is InChI=1S/C14H21N3O5/c1-4-8-10(12(18)20-3)11(9(5-2)22-8)13(19)21-7-6-17-14(15)16/h4-5,8-11H,1-2,6-7H2,3H3,(H4,15,16,17)/t8-,9+,10-,11+/m0/s1. The average Bonchev–Trinajstić information content (AvgIpc) is 2.89. The van der Waals surface area contributed by atoms with Crippen LogP contribution in [0.2, 0.25) is 0 Å². The number of hydrogen-bond donors (Lipinski definition) is 2. The molecule has 1 aliphatic rings. The van der Waals surface area contributed by atoms with Gasteiger partial charge in [0.15, 0.2) is 5.96 Å². The molecule has 1 fully saturated rings. The Kier molecular flexibility index (Phi) is 6.58. The van der Waals surface area contributed by atoms with Crippen molar-refractivity contribution in [1.82, 2.24) is 0 Å². The first kappa shape index (κ1) is 17.7. The van der Waals surface area contributed by atoms with Crippen molar-refractivity contribution in [2.45, 2.75) is 12.2 Å². The number of ether oxygens (including phenoxy) is 3. The molecule has 1 rings (SSSR count). The number of rotatable bonds is 7. The lowest BCUT2D eigenvalue weighted by Crippen LogP contribution is -2.36. The van der Waals surface area contributed by atoms with Gasteiger partial charge in [0, 0.05) is 0 Å². The van der Waals surface area contributed by atoms with Gasteiger partial charge in [-0.25, -0.2) is 0 Å². The van der Waals surface area contributed by atoms with Gasteiger partial charge in [-0.3, -0.25) is 14.6 Å². The van der Waals surface area contributed by atoms with Crippen LogP contribution in [0.15, 0.2) is 30.3 Å². The van der Waals surface area contributed by atoms with Crippen molar-refractivity contribution >= 4 is 17.9 Å². The summed E-state index contributed by atoms with van der Waals surface area (Å²) in [6, 6.07) is 0. The molecule has 0 spiro atoms.